The van der Waals surface area contributed by atoms with E-state index in [9.17, 15) is 0 Å². The summed E-state index contributed by atoms with van der Waals surface area (Å²) in [6, 6.07) is 0. The summed E-state index contributed by atoms with van der Waals surface area (Å²) >= 11 is 0. The van der Waals surface area contributed by atoms with Crippen LogP contribution in [0.4, 0.5) is 0 Å². The van der Waals surface area contributed by atoms with Crippen LogP contribution >= 0.6 is 24.0 Å². The minimum absolute atomic E-state index is 0. The van der Waals surface area contributed by atoms with Crippen molar-refractivity contribution >= 4 is 29.9 Å². The van der Waals surface area contributed by atoms with E-state index in [1.165, 1.54) is 25.7 Å². The molecule has 1 aliphatic carbocycles. The van der Waals surface area contributed by atoms with Crippen LogP contribution < -0.4 is 5.32 Å². The van der Waals surface area contributed by atoms with E-state index in [1.807, 2.05) is 31.2 Å². The second kappa shape index (κ2) is 9.75. The van der Waals surface area contributed by atoms with Gasteiger partial charge in [-0.15, -0.1) is 24.0 Å². The number of nitrogens with zero attached hydrogens (tertiary/aromatic N) is 4. The van der Waals surface area contributed by atoms with Gasteiger partial charge in [-0.3, -0.25) is 9.67 Å². The molecule has 0 spiro atoms. The number of aromatic nitrogens is 2. The molecule has 7 heteroatoms. The van der Waals surface area contributed by atoms with Crippen molar-refractivity contribution in [3.63, 3.8) is 0 Å². The number of hydrogen-bond donors (Lipinski definition) is 1. The number of hydrogen-bond acceptors (Lipinski definition) is 3. The van der Waals surface area contributed by atoms with E-state index in [0.717, 1.165) is 49.6 Å². The smallest absolute Gasteiger partial charge is 0.193 e. The lowest BCUT2D eigenvalue weighted by Crippen LogP contribution is -2.49. The van der Waals surface area contributed by atoms with E-state index in [0.29, 0.717) is 0 Å². The summed E-state index contributed by atoms with van der Waals surface area (Å²) in [6.07, 6.45) is 9.44. The Balaban J connectivity index is 0.00000225. The molecule has 1 saturated carbocycles. The third-order valence-electron chi connectivity index (χ3n) is 5.27. The Kier molecular flexibility index (Phi) is 7.99. The Labute approximate surface area is 168 Å². The van der Waals surface area contributed by atoms with E-state index in [1.54, 1.807) is 0 Å². The van der Waals surface area contributed by atoms with Crippen molar-refractivity contribution in [2.75, 3.05) is 33.3 Å². The molecule has 3 rings (SSSR count). The van der Waals surface area contributed by atoms with Gasteiger partial charge in [0.1, 0.15) is 6.10 Å². The second-order valence-electron chi connectivity index (χ2n) is 7.32. The number of guanidine groups is 1. The maximum absolute atomic E-state index is 5.93. The third-order valence-corrected chi connectivity index (χ3v) is 5.27. The van der Waals surface area contributed by atoms with Crippen LogP contribution in [0.3, 0.4) is 0 Å². The normalized spacial score (nSPS) is 27.7. The van der Waals surface area contributed by atoms with Gasteiger partial charge < -0.3 is 15.0 Å². The number of rotatable bonds is 3. The first-order chi connectivity index (χ1) is 11.7. The quantitative estimate of drug-likeness (QED) is 0.428. The lowest BCUT2D eigenvalue weighted by molar-refractivity contribution is -0.00811. The lowest BCUT2D eigenvalue weighted by atomic mass is 9.82. The van der Waals surface area contributed by atoms with Gasteiger partial charge in [0.25, 0.3) is 0 Å². The molecule has 6 nitrogen and oxygen atoms in total. The van der Waals surface area contributed by atoms with Crippen LogP contribution in [0, 0.1) is 11.8 Å². The first kappa shape index (κ1) is 20.5. The Morgan fingerprint density at radius 3 is 2.96 bits per heavy atom. The van der Waals surface area contributed by atoms with Gasteiger partial charge in [-0.05, 0) is 24.7 Å². The van der Waals surface area contributed by atoms with Crippen LogP contribution in [0.25, 0.3) is 0 Å². The van der Waals surface area contributed by atoms with Gasteiger partial charge in [0.15, 0.2) is 5.96 Å². The predicted octanol–water partition coefficient (Wildman–Crippen LogP) is 2.81. The van der Waals surface area contributed by atoms with Gasteiger partial charge in [0.05, 0.1) is 19.3 Å². The molecule has 0 aromatic carbocycles. The summed E-state index contributed by atoms with van der Waals surface area (Å²) in [5.74, 6) is 2.65. The van der Waals surface area contributed by atoms with Gasteiger partial charge in [-0.2, -0.15) is 5.10 Å². The standard InChI is InChI=1S/C18H31N5O.HI/c1-14-5-4-6-15(9-14)10-20-18(19-2)23-7-8-24-17(13-23)16-11-21-22(3)12-16;/h11-12,14-15,17H,4-10,13H2,1-3H3,(H,19,20);1H. The summed E-state index contributed by atoms with van der Waals surface area (Å²) in [6.45, 7) is 5.85. The molecular formula is C18H32IN5O. The van der Waals surface area contributed by atoms with Crippen molar-refractivity contribution < 1.29 is 4.74 Å². The highest BCUT2D eigenvalue weighted by Crippen LogP contribution is 2.28. The zero-order valence-electron chi connectivity index (χ0n) is 15.6. The van der Waals surface area contributed by atoms with E-state index in [-0.39, 0.29) is 30.1 Å². The first-order valence-electron chi connectivity index (χ1n) is 9.21. The zero-order valence-corrected chi connectivity index (χ0v) is 18.0. The molecule has 0 bridgehead atoms. The Bertz CT molecular complexity index is 561. The van der Waals surface area contributed by atoms with Crippen molar-refractivity contribution in [1.29, 1.82) is 0 Å². The molecule has 3 atom stereocenters. The highest BCUT2D eigenvalue weighted by molar-refractivity contribution is 14.0. The third kappa shape index (κ3) is 5.57. The second-order valence-corrected chi connectivity index (χ2v) is 7.32. The molecule has 0 amide bonds. The molecule has 1 aromatic rings. The fraction of sp³-hybridized carbons (Fsp3) is 0.778. The fourth-order valence-corrected chi connectivity index (χ4v) is 3.96. The van der Waals surface area contributed by atoms with E-state index < -0.39 is 0 Å². The summed E-state index contributed by atoms with van der Waals surface area (Å²) in [4.78, 5) is 6.82. The van der Waals surface area contributed by atoms with Crippen LogP contribution in [-0.4, -0.2) is 53.9 Å². The number of nitrogens with one attached hydrogen (secondary N) is 1. The fourth-order valence-electron chi connectivity index (χ4n) is 3.96. The average molecular weight is 461 g/mol. The SMILES string of the molecule is CN=C(NCC1CCCC(C)C1)N1CCOC(c2cnn(C)c2)C1.I. The maximum Gasteiger partial charge on any atom is 0.193 e. The van der Waals surface area contributed by atoms with Crippen LogP contribution in [0.5, 0.6) is 0 Å². The summed E-state index contributed by atoms with van der Waals surface area (Å²) in [5.41, 5.74) is 1.14. The lowest BCUT2D eigenvalue weighted by Gasteiger charge is -2.35. The van der Waals surface area contributed by atoms with Crippen molar-refractivity contribution in [3.05, 3.63) is 18.0 Å². The summed E-state index contributed by atoms with van der Waals surface area (Å²) in [5, 5.41) is 7.86. The van der Waals surface area contributed by atoms with Gasteiger partial charge >= 0.3 is 0 Å². The average Bonchev–Trinajstić information content (AvgIpc) is 3.02. The van der Waals surface area contributed by atoms with Gasteiger partial charge in [-0.1, -0.05) is 19.8 Å². The molecule has 2 heterocycles. The maximum atomic E-state index is 5.93. The minimum Gasteiger partial charge on any atom is -0.370 e. The van der Waals surface area contributed by atoms with Crippen LogP contribution in [0.2, 0.25) is 0 Å². The van der Waals surface area contributed by atoms with Crippen molar-refractivity contribution in [2.45, 2.75) is 38.7 Å². The minimum atomic E-state index is 0. The molecule has 1 aromatic heterocycles. The van der Waals surface area contributed by atoms with E-state index in [4.69, 9.17) is 4.74 Å². The molecule has 142 valence electrons. The zero-order chi connectivity index (χ0) is 16.9. The van der Waals surface area contributed by atoms with Crippen LogP contribution in [-0.2, 0) is 11.8 Å². The van der Waals surface area contributed by atoms with E-state index >= 15 is 0 Å². The molecule has 1 N–H and O–H groups in total. The van der Waals surface area contributed by atoms with Gasteiger partial charge in [0.2, 0.25) is 0 Å². The molecule has 2 fully saturated rings. The Morgan fingerprint density at radius 2 is 2.28 bits per heavy atom. The van der Waals surface area contributed by atoms with Crippen LogP contribution in [0.1, 0.15) is 44.3 Å². The monoisotopic (exact) mass is 461 g/mol. The number of aryl methyl sites for hydroxylation is 1. The van der Waals surface area contributed by atoms with Crippen molar-refractivity contribution in [2.24, 2.45) is 23.9 Å². The van der Waals surface area contributed by atoms with Crippen LogP contribution in [0.15, 0.2) is 17.4 Å². The highest BCUT2D eigenvalue weighted by atomic mass is 127. The first-order valence-corrected chi connectivity index (χ1v) is 9.21. The summed E-state index contributed by atoms with van der Waals surface area (Å²) in [7, 11) is 3.82. The largest absolute Gasteiger partial charge is 0.370 e. The highest BCUT2D eigenvalue weighted by Gasteiger charge is 2.26. The Hall–Kier alpha value is -0.830. The molecule has 0 radical (unpaired) electrons. The molecule has 2 aliphatic rings. The molecule has 3 unspecified atom stereocenters. The van der Waals surface area contributed by atoms with E-state index in [2.05, 4.69) is 27.2 Å². The molecule has 1 saturated heterocycles. The number of ether oxygens (including phenoxy) is 1. The van der Waals surface area contributed by atoms with Crippen molar-refractivity contribution in [1.82, 2.24) is 20.0 Å². The molecule has 25 heavy (non-hydrogen) atoms. The number of halogens is 1. The van der Waals surface area contributed by atoms with Gasteiger partial charge in [-0.25, -0.2) is 0 Å². The molecular weight excluding hydrogens is 429 g/mol. The predicted molar refractivity (Wildman–Crippen MR) is 111 cm³/mol. The number of aliphatic imine (C=N–C) groups is 1. The Morgan fingerprint density at radius 1 is 1.44 bits per heavy atom. The number of morpholine rings is 1. The summed E-state index contributed by atoms with van der Waals surface area (Å²) < 4.78 is 7.76. The topological polar surface area (TPSA) is 54.7 Å². The van der Waals surface area contributed by atoms with Crippen molar-refractivity contribution in [3.8, 4) is 0 Å². The van der Waals surface area contributed by atoms with Gasteiger partial charge in [0, 0.05) is 38.9 Å². The molecule has 1 aliphatic heterocycles.